The second-order valence-electron chi connectivity index (χ2n) is 4.92. The van der Waals surface area contributed by atoms with Gasteiger partial charge in [0, 0.05) is 18.2 Å². The first kappa shape index (κ1) is 12.3. The molecule has 2 atom stereocenters. The van der Waals surface area contributed by atoms with Gasteiger partial charge in [-0.05, 0) is 63.1 Å². The smallest absolute Gasteiger partial charge is 0.178 e. The van der Waals surface area contributed by atoms with Crippen molar-refractivity contribution in [3.8, 4) is 0 Å². The summed E-state index contributed by atoms with van der Waals surface area (Å²) in [5.41, 5.74) is 0.824. The number of Topliss-reactive ketones (excluding diaryl/α,β-unsaturated/α-hetero) is 1. The lowest BCUT2D eigenvalue weighted by Crippen LogP contribution is -2.36. The van der Waals surface area contributed by atoms with Crippen LogP contribution in [0.5, 0.6) is 0 Å². The standard InChI is InChI=1S/C12H13Br2NOS/c13-11-4-9(12(14)17-11)10(16)6-15-5-7-1-2-8(15)3-7/h4,7-8H,1-3,5-6H2. The normalized spacial score (nSPS) is 27.9. The Morgan fingerprint density at radius 2 is 2.29 bits per heavy atom. The predicted octanol–water partition coefficient (Wildman–Crippen LogP) is 3.94. The third-order valence-corrected chi connectivity index (χ3v) is 6.17. The summed E-state index contributed by atoms with van der Waals surface area (Å²) in [6, 6.07) is 2.59. The van der Waals surface area contributed by atoms with Crippen molar-refractivity contribution in [2.45, 2.75) is 25.3 Å². The number of halogens is 2. The van der Waals surface area contributed by atoms with Crippen LogP contribution in [0.25, 0.3) is 0 Å². The maximum absolute atomic E-state index is 12.2. The molecule has 3 rings (SSSR count). The van der Waals surface area contributed by atoms with E-state index >= 15 is 0 Å². The zero-order valence-electron chi connectivity index (χ0n) is 9.29. The summed E-state index contributed by atoms with van der Waals surface area (Å²) in [6.45, 7) is 1.71. The minimum absolute atomic E-state index is 0.242. The van der Waals surface area contributed by atoms with Crippen molar-refractivity contribution in [3.63, 3.8) is 0 Å². The molecule has 0 radical (unpaired) electrons. The Kier molecular flexibility index (Phi) is 3.45. The molecule has 1 aliphatic heterocycles. The number of hydrogen-bond donors (Lipinski definition) is 0. The molecule has 1 aliphatic carbocycles. The molecule has 2 unspecified atom stereocenters. The van der Waals surface area contributed by atoms with Gasteiger partial charge >= 0.3 is 0 Å². The Morgan fingerprint density at radius 3 is 2.82 bits per heavy atom. The summed E-state index contributed by atoms with van der Waals surface area (Å²) in [4.78, 5) is 14.6. The second-order valence-corrected chi connectivity index (χ2v) is 8.67. The molecule has 1 saturated heterocycles. The molecule has 2 fully saturated rings. The van der Waals surface area contributed by atoms with Crippen LogP contribution in [0.3, 0.4) is 0 Å². The molecule has 92 valence electrons. The SMILES string of the molecule is O=C(CN1CC2CCC1C2)c1cc(Br)sc1Br. The molecule has 0 aromatic carbocycles. The number of likely N-dealkylation sites (tertiary alicyclic amines) is 1. The zero-order valence-corrected chi connectivity index (χ0v) is 13.3. The molecule has 17 heavy (non-hydrogen) atoms. The first-order chi connectivity index (χ1) is 8.13. The van der Waals surface area contributed by atoms with Crippen LogP contribution in [0.1, 0.15) is 29.6 Å². The minimum Gasteiger partial charge on any atom is -0.293 e. The molecule has 1 saturated carbocycles. The minimum atomic E-state index is 0.242. The monoisotopic (exact) mass is 377 g/mol. The van der Waals surface area contributed by atoms with Gasteiger partial charge in [-0.15, -0.1) is 11.3 Å². The second kappa shape index (κ2) is 4.76. The van der Waals surface area contributed by atoms with E-state index < -0.39 is 0 Å². The number of carbonyl (C=O) groups is 1. The van der Waals surface area contributed by atoms with E-state index in [1.807, 2.05) is 6.07 Å². The highest BCUT2D eigenvalue weighted by Crippen LogP contribution is 2.38. The van der Waals surface area contributed by atoms with Crippen LogP contribution >= 0.6 is 43.2 Å². The van der Waals surface area contributed by atoms with E-state index in [1.165, 1.54) is 19.3 Å². The van der Waals surface area contributed by atoms with Gasteiger partial charge in [-0.1, -0.05) is 0 Å². The van der Waals surface area contributed by atoms with Gasteiger partial charge in [-0.3, -0.25) is 9.69 Å². The lowest BCUT2D eigenvalue weighted by molar-refractivity contribution is 0.0904. The summed E-state index contributed by atoms with van der Waals surface area (Å²) in [6.07, 6.45) is 3.96. The summed E-state index contributed by atoms with van der Waals surface area (Å²) in [5, 5.41) is 0. The van der Waals surface area contributed by atoms with Crippen molar-refractivity contribution in [1.29, 1.82) is 0 Å². The van der Waals surface area contributed by atoms with Gasteiger partial charge < -0.3 is 0 Å². The highest BCUT2D eigenvalue weighted by molar-refractivity contribution is 9.12. The number of nitrogens with zero attached hydrogens (tertiary/aromatic N) is 1. The molecule has 2 nitrogen and oxygen atoms in total. The highest BCUT2D eigenvalue weighted by atomic mass is 79.9. The number of rotatable bonds is 3. The first-order valence-electron chi connectivity index (χ1n) is 5.85. The molecule has 2 bridgehead atoms. The van der Waals surface area contributed by atoms with Gasteiger partial charge in [0.2, 0.25) is 0 Å². The Labute approximate surface area is 122 Å². The Hall–Kier alpha value is 0.290. The number of hydrogen-bond acceptors (Lipinski definition) is 3. The molecule has 0 N–H and O–H groups in total. The summed E-state index contributed by atoms with van der Waals surface area (Å²) >= 11 is 8.44. The highest BCUT2D eigenvalue weighted by Gasteiger charge is 2.38. The molecule has 2 aliphatic rings. The van der Waals surface area contributed by atoms with E-state index in [-0.39, 0.29) is 5.78 Å². The molecule has 2 heterocycles. The number of thiophene rings is 1. The third kappa shape index (κ3) is 2.39. The van der Waals surface area contributed by atoms with Crippen molar-refractivity contribution in [1.82, 2.24) is 4.90 Å². The average Bonchev–Trinajstić information content (AvgIpc) is 2.93. The van der Waals surface area contributed by atoms with Crippen LogP contribution in [0.2, 0.25) is 0 Å². The predicted molar refractivity (Wildman–Crippen MR) is 76.8 cm³/mol. The van der Waals surface area contributed by atoms with Gasteiger partial charge in [-0.2, -0.15) is 0 Å². The van der Waals surface area contributed by atoms with Crippen LogP contribution in [0.4, 0.5) is 0 Å². The van der Waals surface area contributed by atoms with Gasteiger partial charge in [0.1, 0.15) is 0 Å². The van der Waals surface area contributed by atoms with E-state index in [2.05, 4.69) is 36.8 Å². The lowest BCUT2D eigenvalue weighted by Gasteiger charge is -2.25. The van der Waals surface area contributed by atoms with Crippen molar-refractivity contribution < 1.29 is 4.79 Å². The largest absolute Gasteiger partial charge is 0.293 e. The fourth-order valence-corrected chi connectivity index (χ4v) is 5.88. The van der Waals surface area contributed by atoms with E-state index in [0.717, 1.165) is 25.6 Å². The summed E-state index contributed by atoms with van der Waals surface area (Å²) in [5.74, 6) is 1.09. The van der Waals surface area contributed by atoms with Crippen LogP contribution in [-0.2, 0) is 0 Å². The Bertz CT molecular complexity index is 459. The Balaban J connectivity index is 1.69. The van der Waals surface area contributed by atoms with E-state index in [4.69, 9.17) is 0 Å². The van der Waals surface area contributed by atoms with Crippen LogP contribution in [0.15, 0.2) is 13.6 Å². The average molecular weight is 379 g/mol. The fraction of sp³-hybridized carbons (Fsp3) is 0.583. The molecule has 1 aromatic rings. The maximum atomic E-state index is 12.2. The zero-order chi connectivity index (χ0) is 12.0. The molecule has 0 spiro atoms. The van der Waals surface area contributed by atoms with E-state index in [9.17, 15) is 4.79 Å². The molecule has 1 aromatic heterocycles. The summed E-state index contributed by atoms with van der Waals surface area (Å²) in [7, 11) is 0. The van der Waals surface area contributed by atoms with Crippen LogP contribution in [-0.4, -0.2) is 29.8 Å². The topological polar surface area (TPSA) is 20.3 Å². The first-order valence-corrected chi connectivity index (χ1v) is 8.26. The number of carbonyl (C=O) groups excluding carboxylic acids is 1. The van der Waals surface area contributed by atoms with Crippen molar-refractivity contribution >= 4 is 49.0 Å². The number of fused-ring (bicyclic) bond motifs is 2. The van der Waals surface area contributed by atoms with Crippen LogP contribution < -0.4 is 0 Å². The van der Waals surface area contributed by atoms with Crippen molar-refractivity contribution in [2.75, 3.05) is 13.1 Å². The van der Waals surface area contributed by atoms with Crippen LogP contribution in [0, 0.1) is 5.92 Å². The number of ketones is 1. The molecular formula is C12H13Br2NOS. The van der Waals surface area contributed by atoms with E-state index in [1.54, 1.807) is 11.3 Å². The van der Waals surface area contributed by atoms with Crippen molar-refractivity contribution in [2.24, 2.45) is 5.92 Å². The van der Waals surface area contributed by atoms with Gasteiger partial charge in [0.25, 0.3) is 0 Å². The van der Waals surface area contributed by atoms with Gasteiger partial charge in [0.05, 0.1) is 14.1 Å². The lowest BCUT2D eigenvalue weighted by atomic mass is 10.1. The Morgan fingerprint density at radius 1 is 1.47 bits per heavy atom. The number of piperidine rings is 1. The van der Waals surface area contributed by atoms with E-state index in [0.29, 0.717) is 12.6 Å². The summed E-state index contributed by atoms with van der Waals surface area (Å²) < 4.78 is 1.95. The third-order valence-electron chi connectivity index (χ3n) is 3.83. The van der Waals surface area contributed by atoms with Crippen molar-refractivity contribution in [3.05, 3.63) is 19.2 Å². The molecule has 5 heteroatoms. The van der Waals surface area contributed by atoms with Gasteiger partial charge in [-0.25, -0.2) is 0 Å². The van der Waals surface area contributed by atoms with Gasteiger partial charge in [0.15, 0.2) is 5.78 Å². The maximum Gasteiger partial charge on any atom is 0.178 e. The quantitative estimate of drug-likeness (QED) is 0.742. The molecular weight excluding hydrogens is 366 g/mol. The fourth-order valence-electron chi connectivity index (χ4n) is 3.02. The molecule has 0 amide bonds.